The van der Waals surface area contributed by atoms with E-state index < -0.39 is 163 Å². The number of aromatic amines is 1. The van der Waals surface area contributed by atoms with Crippen LogP contribution in [-0.4, -0.2) is 228 Å². The summed E-state index contributed by atoms with van der Waals surface area (Å²) in [5.74, 6) is -11.0. The molecule has 1 aliphatic heterocycles. The molecule has 14 amide bonds. The maximum Gasteiger partial charge on any atom is 0.245 e. The lowest BCUT2D eigenvalue weighted by molar-refractivity contribution is -0.135. The van der Waals surface area contributed by atoms with Crippen LogP contribution in [0.2, 0.25) is 0 Å². The van der Waals surface area contributed by atoms with Crippen molar-refractivity contribution in [2.45, 2.75) is 147 Å². The van der Waals surface area contributed by atoms with E-state index in [9.17, 15) is 72.2 Å². The fourth-order valence-electron chi connectivity index (χ4n) is 8.97. The number of hydrogen-bond acceptors (Lipinski definition) is 20. The minimum Gasteiger partial charge on any atom is -0.394 e. The van der Waals surface area contributed by atoms with Crippen LogP contribution in [0, 0.1) is 11.8 Å². The van der Waals surface area contributed by atoms with E-state index >= 15 is 0 Å². The van der Waals surface area contributed by atoms with Gasteiger partial charge in [0.25, 0.3) is 0 Å². The third kappa shape index (κ3) is 33.0. The molecule has 0 spiro atoms. The second-order valence-corrected chi connectivity index (χ2v) is 25.0. The second-order valence-electron chi connectivity index (χ2n) is 23.6. The quantitative estimate of drug-likeness (QED) is 0.0215. The minimum absolute atomic E-state index is 0.0504. The Bertz CT molecular complexity index is 2930. The summed E-state index contributed by atoms with van der Waals surface area (Å²) in [5, 5.41) is 43.2. The highest BCUT2D eigenvalue weighted by molar-refractivity contribution is 7.98. The largest absolute Gasteiger partial charge is 0.394 e. The average molecular weight is 1390 g/mol. The number of thiol groups is 1. The van der Waals surface area contributed by atoms with Crippen molar-refractivity contribution in [1.82, 2.24) is 84.0 Å². The van der Waals surface area contributed by atoms with Crippen LogP contribution in [0.5, 0.6) is 0 Å². The lowest BCUT2D eigenvalue weighted by atomic mass is 9.98. The summed E-state index contributed by atoms with van der Waals surface area (Å²) in [5.41, 5.74) is 12.3. The van der Waals surface area contributed by atoms with Crippen molar-refractivity contribution in [2.75, 3.05) is 71.2 Å². The number of nitrogens with zero attached hydrogens (tertiary/aromatic N) is 2. The molecule has 1 aliphatic rings. The first-order chi connectivity index (χ1) is 45.4. The number of rotatable bonds is 44. The van der Waals surface area contributed by atoms with Crippen LogP contribution in [0.1, 0.15) is 91.7 Å². The highest BCUT2D eigenvalue weighted by Crippen LogP contribution is 2.18. The van der Waals surface area contributed by atoms with Gasteiger partial charge in [0.05, 0.1) is 32.6 Å². The molecule has 0 saturated heterocycles. The molecule has 534 valence electrons. The SMILES string of the molecule is C=C1/C=C\C=C/CNC=C1C[C@H](NC(=O)[C@H](CCC(N)=O)NC(=O)CCCCNC(=O)CNC(=O)[C@H](CS)NC(=O)[C@H](CO)NC(=O)CN(C)C)C(=O)N[C@@H](C)C(=O)N[C@H](C(=O)NCC(=O)N[C@@H](Cc1cnc[nH]1)C(=O)N[C@@H](CC(C)C)C(=O)N[C@@H](CCSC)C(N)=O)C(C)C. The number of aromatic nitrogens is 2. The second kappa shape index (κ2) is 44.8. The Hall–Kier alpha value is -8.83. The van der Waals surface area contributed by atoms with Gasteiger partial charge in [-0.25, -0.2) is 4.98 Å². The lowest BCUT2D eigenvalue weighted by Crippen LogP contribution is -2.59. The van der Waals surface area contributed by atoms with Gasteiger partial charge in [-0.05, 0) is 88.1 Å². The first-order valence-corrected chi connectivity index (χ1v) is 33.3. The third-order valence-corrected chi connectivity index (χ3v) is 15.2. The summed E-state index contributed by atoms with van der Waals surface area (Å²) < 4.78 is 0. The van der Waals surface area contributed by atoms with Crippen LogP contribution in [0.3, 0.4) is 0 Å². The van der Waals surface area contributed by atoms with Gasteiger partial charge in [-0.3, -0.25) is 67.1 Å². The monoisotopic (exact) mass is 1390 g/mol. The van der Waals surface area contributed by atoms with E-state index in [-0.39, 0.29) is 82.5 Å². The summed E-state index contributed by atoms with van der Waals surface area (Å²) in [7, 11) is 3.27. The number of amides is 14. The van der Waals surface area contributed by atoms with Crippen LogP contribution in [0.15, 0.2) is 60.8 Å². The van der Waals surface area contributed by atoms with Gasteiger partial charge >= 0.3 is 0 Å². The van der Waals surface area contributed by atoms with Crippen LogP contribution < -0.4 is 80.6 Å². The molecular formula is C61H98N18O15S2. The van der Waals surface area contributed by atoms with Gasteiger partial charge in [0.15, 0.2) is 0 Å². The van der Waals surface area contributed by atoms with Crippen LogP contribution in [0.4, 0.5) is 0 Å². The van der Waals surface area contributed by atoms with Gasteiger partial charge < -0.3 is 95.6 Å². The molecule has 0 fully saturated rings. The molecule has 35 heteroatoms. The fourth-order valence-corrected chi connectivity index (χ4v) is 9.70. The van der Waals surface area contributed by atoms with Gasteiger partial charge in [-0.1, -0.05) is 58.6 Å². The molecule has 0 bridgehead atoms. The van der Waals surface area contributed by atoms with Crippen molar-refractivity contribution in [3.8, 4) is 0 Å². The van der Waals surface area contributed by atoms with Crippen LogP contribution in [-0.2, 0) is 73.5 Å². The molecule has 0 saturated carbocycles. The number of primary amides is 2. The summed E-state index contributed by atoms with van der Waals surface area (Å²) in [6.07, 6.45) is 12.9. The average Bonchev–Trinajstić information content (AvgIpc) is 1.06. The lowest BCUT2D eigenvalue weighted by Gasteiger charge is -2.27. The highest BCUT2D eigenvalue weighted by Gasteiger charge is 2.34. The zero-order chi connectivity index (χ0) is 72.0. The Morgan fingerprint density at radius 1 is 0.646 bits per heavy atom. The van der Waals surface area contributed by atoms with E-state index in [1.807, 2.05) is 26.2 Å². The first-order valence-electron chi connectivity index (χ1n) is 31.3. The van der Waals surface area contributed by atoms with Gasteiger partial charge in [0, 0.05) is 62.6 Å². The number of nitrogens with one attached hydrogen (secondary N) is 14. The molecular weight excluding hydrogens is 1290 g/mol. The predicted octanol–water partition coefficient (Wildman–Crippen LogP) is -4.91. The number of aliphatic hydroxyl groups excluding tert-OH is 1. The van der Waals surface area contributed by atoms with Crippen molar-refractivity contribution < 1.29 is 72.2 Å². The predicted molar refractivity (Wildman–Crippen MR) is 361 cm³/mol. The molecule has 0 unspecified atom stereocenters. The number of thioether (sulfide) groups is 1. The van der Waals surface area contributed by atoms with Crippen molar-refractivity contribution in [3.05, 3.63) is 66.4 Å². The number of H-pyrrole nitrogens is 1. The number of allylic oxidation sites excluding steroid dienone is 4. The summed E-state index contributed by atoms with van der Waals surface area (Å²) >= 11 is 5.54. The van der Waals surface area contributed by atoms with Crippen molar-refractivity contribution in [3.63, 3.8) is 0 Å². The van der Waals surface area contributed by atoms with E-state index in [2.05, 4.69) is 98.3 Å². The Morgan fingerprint density at radius 2 is 1.24 bits per heavy atom. The maximum atomic E-state index is 14.3. The smallest absolute Gasteiger partial charge is 0.245 e. The minimum atomic E-state index is -1.47. The molecule has 1 aromatic heterocycles. The molecule has 2 rings (SSSR count). The number of carbonyl (C=O) groups excluding carboxylic acids is 14. The summed E-state index contributed by atoms with van der Waals surface area (Å²) in [4.78, 5) is 193. The van der Waals surface area contributed by atoms with Crippen LogP contribution >= 0.6 is 24.4 Å². The molecule has 96 heavy (non-hydrogen) atoms. The molecule has 0 radical (unpaired) electrons. The van der Waals surface area contributed by atoms with Crippen molar-refractivity contribution in [2.24, 2.45) is 23.3 Å². The van der Waals surface area contributed by atoms with Crippen LogP contribution in [0.25, 0.3) is 0 Å². The summed E-state index contributed by atoms with van der Waals surface area (Å²) in [6, 6.07) is -11.6. The number of aliphatic hydroxyl groups is 1. The van der Waals surface area contributed by atoms with E-state index in [4.69, 9.17) is 11.5 Å². The van der Waals surface area contributed by atoms with Gasteiger partial charge in [-0.2, -0.15) is 24.4 Å². The fraction of sp³-hybridized carbons (Fsp3) is 0.590. The number of hydrogen-bond donors (Lipinski definition) is 18. The number of imidazole rings is 1. The molecule has 2 heterocycles. The summed E-state index contributed by atoms with van der Waals surface area (Å²) in [6.45, 7) is 10.7. The van der Waals surface area contributed by atoms with E-state index in [1.165, 1.54) is 31.2 Å². The van der Waals surface area contributed by atoms with E-state index in [0.29, 0.717) is 29.1 Å². The zero-order valence-corrected chi connectivity index (χ0v) is 57.4. The van der Waals surface area contributed by atoms with E-state index in [1.54, 1.807) is 57.3 Å². The first kappa shape index (κ1) is 83.3. The number of unbranched alkanes of at least 4 members (excludes halogenated alkanes) is 1. The highest BCUT2D eigenvalue weighted by atomic mass is 32.2. The Labute approximate surface area is 568 Å². The van der Waals surface area contributed by atoms with Gasteiger partial charge in [0.2, 0.25) is 82.7 Å². The Morgan fingerprint density at radius 3 is 1.85 bits per heavy atom. The normalized spacial score (nSPS) is 15.5. The number of nitrogens with two attached hydrogens (primary N) is 2. The van der Waals surface area contributed by atoms with Crippen molar-refractivity contribution >= 4 is 107 Å². The zero-order valence-electron chi connectivity index (χ0n) is 55.7. The topological polar surface area (TPSA) is 500 Å². The number of likely N-dealkylation sites (N-methyl/N-ethyl adjacent to an activating group) is 1. The number of carbonyl (C=O) groups is 14. The third-order valence-electron chi connectivity index (χ3n) is 14.2. The molecule has 0 aromatic carbocycles. The Kier molecular flexibility index (Phi) is 38.8. The Balaban J connectivity index is 2.18. The molecule has 1 aromatic rings. The maximum absolute atomic E-state index is 14.3. The van der Waals surface area contributed by atoms with Gasteiger partial charge in [0.1, 0.15) is 54.4 Å². The molecule has 33 nitrogen and oxygen atoms in total. The molecule has 0 aliphatic carbocycles. The molecule has 19 N–H and O–H groups in total. The molecule has 9 atom stereocenters. The van der Waals surface area contributed by atoms with Crippen molar-refractivity contribution in [1.29, 1.82) is 0 Å². The van der Waals surface area contributed by atoms with E-state index in [0.717, 1.165) is 0 Å². The van der Waals surface area contributed by atoms with Gasteiger partial charge in [-0.15, -0.1) is 0 Å². The standard InChI is InChI=1S/C61H98N18O15S2/c1-34(2)23-42(58(91)74-40(53(63)86)19-22-96-9)75-59(92)44(25-39-27-65-33-69-39)72-50(84)29-68-61(94)52(35(3)4)78-54(87)37(6)70-57(90)43(24-38-26-64-20-13-10-11-15-36(38)5)76-56(89)41(17-18-47(62)81)71-48(82)16-12-14-21-66-49(83)28-67-55(88)46(32-95)77-60(93)45(31-80)73-51(85)30-79(7)8/h10-11,13,15,26-27,33-35,37,40-46,52,64,80,95H,5,12,14,16-25,28-32H2,1-4,6-9H3,(H2,62,81)(H2,63,86)(H,65,69)(H,66,83)(H,67,88)(H,68,94)(H,70,90)(H,71,82)(H,72,84)(H,73,85)(H,74,91)(H,75,92)(H,76,89)(H,77,93)(H,78,87)/b13-10-,15-11-,38-26?/t37-,40-,41-,42-,43-,44-,45-,46-,52-/m0/s1.